The Hall–Kier alpha value is -1.30. The Balaban J connectivity index is 2.10. The van der Waals surface area contributed by atoms with E-state index in [4.69, 9.17) is 14.2 Å². The third-order valence-corrected chi connectivity index (χ3v) is 2.94. The molecule has 0 aromatic carbocycles. The van der Waals surface area contributed by atoms with Crippen LogP contribution in [0.15, 0.2) is 35.4 Å². The van der Waals surface area contributed by atoms with E-state index in [1.54, 1.807) is 27.4 Å². The van der Waals surface area contributed by atoms with Gasteiger partial charge in [-0.1, -0.05) is 0 Å². The Morgan fingerprint density at radius 3 is 2.65 bits per heavy atom. The predicted molar refractivity (Wildman–Crippen MR) is 61.8 cm³/mol. The zero-order valence-corrected chi connectivity index (χ0v) is 10.2. The molecule has 1 atom stereocenters. The van der Waals surface area contributed by atoms with Gasteiger partial charge in [0.2, 0.25) is 0 Å². The molecule has 1 aliphatic carbocycles. The third kappa shape index (κ3) is 2.09. The molecule has 2 rings (SSSR count). The van der Waals surface area contributed by atoms with Crippen LogP contribution in [-0.4, -0.2) is 50.3 Å². The maximum Gasteiger partial charge on any atom is 0.174 e. The van der Waals surface area contributed by atoms with Crippen LogP contribution in [0.25, 0.3) is 0 Å². The molecule has 2 aliphatic rings. The summed E-state index contributed by atoms with van der Waals surface area (Å²) < 4.78 is 15.5. The Bertz CT molecular complexity index is 382. The summed E-state index contributed by atoms with van der Waals surface area (Å²) in [4.78, 5) is 1.96. The second-order valence-electron chi connectivity index (χ2n) is 3.86. The third-order valence-electron chi connectivity index (χ3n) is 2.94. The van der Waals surface area contributed by atoms with Crippen LogP contribution in [-0.2, 0) is 14.2 Å². The van der Waals surface area contributed by atoms with Crippen molar-refractivity contribution in [3.63, 3.8) is 0 Å². The van der Waals surface area contributed by atoms with Gasteiger partial charge in [-0.25, -0.2) is 0 Å². The molecule has 1 heterocycles. The molecule has 1 aliphatic heterocycles. The standard InChI is InChI=1S/C12H17NO4/c1-15-10-6-8-9(14)4-5-13(12(8)10)7-11(16-2)17-3/h4-6,9,11,14H,7H2,1-3H3. The van der Waals surface area contributed by atoms with Crippen molar-refractivity contribution in [2.45, 2.75) is 12.4 Å². The highest BCUT2D eigenvalue weighted by Crippen LogP contribution is 2.36. The van der Waals surface area contributed by atoms with Crippen LogP contribution in [0, 0.1) is 0 Å². The molecule has 0 spiro atoms. The summed E-state index contributed by atoms with van der Waals surface area (Å²) in [6.07, 6.45) is 4.52. The molecule has 0 saturated carbocycles. The van der Waals surface area contributed by atoms with E-state index in [0.717, 1.165) is 17.0 Å². The zero-order valence-electron chi connectivity index (χ0n) is 10.2. The largest absolute Gasteiger partial charge is 0.495 e. The Morgan fingerprint density at radius 1 is 1.35 bits per heavy atom. The van der Waals surface area contributed by atoms with Crippen molar-refractivity contribution in [3.8, 4) is 0 Å². The summed E-state index contributed by atoms with van der Waals surface area (Å²) in [5.74, 6) is 0.773. The summed E-state index contributed by atoms with van der Waals surface area (Å²) in [6.45, 7) is 0.551. The van der Waals surface area contributed by atoms with Gasteiger partial charge in [0, 0.05) is 26.0 Å². The minimum Gasteiger partial charge on any atom is -0.495 e. The van der Waals surface area contributed by atoms with Crippen molar-refractivity contribution in [2.75, 3.05) is 27.9 Å². The molecule has 0 radical (unpaired) electrons. The van der Waals surface area contributed by atoms with Gasteiger partial charge in [0.25, 0.3) is 0 Å². The minimum absolute atomic E-state index is 0.317. The van der Waals surface area contributed by atoms with Gasteiger partial charge >= 0.3 is 0 Å². The molecule has 0 bridgehead atoms. The molecular weight excluding hydrogens is 222 g/mol. The van der Waals surface area contributed by atoms with Crippen molar-refractivity contribution in [2.24, 2.45) is 0 Å². The number of hydrogen-bond acceptors (Lipinski definition) is 5. The number of nitrogens with zero attached hydrogens (tertiary/aromatic N) is 1. The van der Waals surface area contributed by atoms with E-state index < -0.39 is 6.10 Å². The fourth-order valence-corrected chi connectivity index (χ4v) is 1.95. The molecule has 1 unspecified atom stereocenters. The van der Waals surface area contributed by atoms with Gasteiger partial charge in [0.15, 0.2) is 6.29 Å². The van der Waals surface area contributed by atoms with Crippen LogP contribution in [0.1, 0.15) is 0 Å². The second-order valence-corrected chi connectivity index (χ2v) is 3.86. The fraction of sp³-hybridized carbons (Fsp3) is 0.500. The van der Waals surface area contributed by atoms with Crippen molar-refractivity contribution in [1.29, 1.82) is 0 Å². The van der Waals surface area contributed by atoms with Gasteiger partial charge in [0.05, 0.1) is 19.4 Å². The highest BCUT2D eigenvalue weighted by atomic mass is 16.7. The van der Waals surface area contributed by atoms with Crippen molar-refractivity contribution in [3.05, 3.63) is 35.4 Å². The van der Waals surface area contributed by atoms with Gasteiger partial charge < -0.3 is 24.2 Å². The number of hydrogen-bond donors (Lipinski definition) is 1. The van der Waals surface area contributed by atoms with Gasteiger partial charge in [-0.05, 0) is 12.2 Å². The Kier molecular flexibility index (Phi) is 3.51. The van der Waals surface area contributed by atoms with Gasteiger partial charge in [0.1, 0.15) is 11.9 Å². The Morgan fingerprint density at radius 2 is 2.06 bits per heavy atom. The fourth-order valence-electron chi connectivity index (χ4n) is 1.95. The van der Waals surface area contributed by atoms with Crippen LogP contribution in [0.3, 0.4) is 0 Å². The van der Waals surface area contributed by atoms with Crippen LogP contribution >= 0.6 is 0 Å². The van der Waals surface area contributed by atoms with Crippen molar-refractivity contribution >= 4 is 0 Å². The highest BCUT2D eigenvalue weighted by molar-refractivity contribution is 5.54. The number of aliphatic hydroxyl groups excluding tert-OH is 1. The molecule has 0 aromatic rings. The smallest absolute Gasteiger partial charge is 0.174 e. The van der Waals surface area contributed by atoms with E-state index in [1.165, 1.54) is 0 Å². The van der Waals surface area contributed by atoms with Gasteiger partial charge in [-0.15, -0.1) is 0 Å². The number of aliphatic hydroxyl groups is 1. The molecule has 17 heavy (non-hydrogen) atoms. The summed E-state index contributed by atoms with van der Waals surface area (Å²) >= 11 is 0. The summed E-state index contributed by atoms with van der Waals surface area (Å²) in [7, 11) is 4.81. The molecule has 94 valence electrons. The normalized spacial score (nSPS) is 22.5. The summed E-state index contributed by atoms with van der Waals surface area (Å²) in [5.41, 5.74) is 1.77. The summed E-state index contributed by atoms with van der Waals surface area (Å²) in [5, 5.41) is 9.74. The van der Waals surface area contributed by atoms with Crippen molar-refractivity contribution < 1.29 is 19.3 Å². The van der Waals surface area contributed by atoms with E-state index in [1.807, 2.05) is 17.2 Å². The minimum atomic E-state index is -0.552. The van der Waals surface area contributed by atoms with E-state index in [9.17, 15) is 5.11 Å². The van der Waals surface area contributed by atoms with E-state index in [2.05, 4.69) is 0 Å². The first-order valence-electron chi connectivity index (χ1n) is 5.40. The van der Waals surface area contributed by atoms with E-state index in [-0.39, 0.29) is 6.29 Å². The molecule has 0 amide bonds. The lowest BCUT2D eigenvalue weighted by molar-refractivity contribution is -0.109. The molecule has 0 fully saturated rings. The van der Waals surface area contributed by atoms with Crippen LogP contribution in [0.4, 0.5) is 0 Å². The molecule has 0 saturated heterocycles. The van der Waals surface area contributed by atoms with Crippen LogP contribution in [0.2, 0.25) is 0 Å². The Labute approximate surface area is 101 Å². The average molecular weight is 239 g/mol. The zero-order chi connectivity index (χ0) is 12.4. The molecule has 1 N–H and O–H groups in total. The molecule has 5 nitrogen and oxygen atoms in total. The number of rotatable bonds is 5. The van der Waals surface area contributed by atoms with Crippen LogP contribution in [0.5, 0.6) is 0 Å². The topological polar surface area (TPSA) is 51.2 Å². The number of methoxy groups -OCH3 is 3. The average Bonchev–Trinajstić information content (AvgIpc) is 2.30. The second kappa shape index (κ2) is 4.91. The molecule has 0 aromatic heterocycles. The first kappa shape index (κ1) is 12.2. The quantitative estimate of drug-likeness (QED) is 0.712. The first-order valence-corrected chi connectivity index (χ1v) is 5.40. The number of ether oxygens (including phenoxy) is 3. The molecule has 5 heteroatoms. The maximum atomic E-state index is 9.74. The molecular formula is C12H17NO4. The lowest BCUT2D eigenvalue weighted by atomic mass is 9.93. The summed E-state index contributed by atoms with van der Waals surface area (Å²) in [6, 6.07) is 0. The SMILES string of the molecule is COC1=CC2=C1N(CC(OC)OC)C=CC2O. The van der Waals surface area contributed by atoms with Gasteiger partial charge in [-0.2, -0.15) is 0 Å². The van der Waals surface area contributed by atoms with E-state index >= 15 is 0 Å². The predicted octanol–water partition coefficient (Wildman–Crippen LogP) is 0.593. The lowest BCUT2D eigenvalue weighted by Gasteiger charge is -2.37. The van der Waals surface area contributed by atoms with E-state index in [0.29, 0.717) is 6.54 Å². The monoisotopic (exact) mass is 239 g/mol. The maximum absolute atomic E-state index is 9.74. The van der Waals surface area contributed by atoms with Gasteiger partial charge in [-0.3, -0.25) is 0 Å². The van der Waals surface area contributed by atoms with Crippen molar-refractivity contribution in [1.82, 2.24) is 4.90 Å². The first-order chi connectivity index (χ1) is 8.21. The van der Waals surface area contributed by atoms with Crippen LogP contribution < -0.4 is 0 Å². The lowest BCUT2D eigenvalue weighted by Crippen LogP contribution is -2.37. The highest BCUT2D eigenvalue weighted by Gasteiger charge is 2.32.